The summed E-state index contributed by atoms with van der Waals surface area (Å²) in [5.41, 5.74) is 8.99. The third-order valence-corrected chi connectivity index (χ3v) is 6.10. The largest absolute Gasteiger partial charge is 0.387 e. The summed E-state index contributed by atoms with van der Waals surface area (Å²) in [4.78, 5) is 20.5. The zero-order valence-electron chi connectivity index (χ0n) is 16.5. The molecule has 3 heterocycles. The van der Waals surface area contributed by atoms with E-state index in [1.165, 1.54) is 11.3 Å². The number of carbonyl (C=O) groups is 1. The molecular weight excluding hydrogens is 398 g/mol. The number of carbonyl (C=O) groups excluding carboxylic acids is 1. The Morgan fingerprint density at radius 2 is 2.13 bits per heavy atom. The average molecular weight is 424 g/mol. The number of hydrogen-bond donors (Lipinski definition) is 4. The fourth-order valence-corrected chi connectivity index (χ4v) is 4.36. The fourth-order valence-electron chi connectivity index (χ4n) is 3.80. The van der Waals surface area contributed by atoms with Crippen molar-refractivity contribution in [3.8, 4) is 0 Å². The van der Waals surface area contributed by atoms with Gasteiger partial charge in [-0.1, -0.05) is 18.2 Å². The lowest BCUT2D eigenvalue weighted by atomic mass is 10.0. The van der Waals surface area contributed by atoms with Crippen LogP contribution in [0.3, 0.4) is 0 Å². The van der Waals surface area contributed by atoms with Gasteiger partial charge in [0, 0.05) is 41.0 Å². The van der Waals surface area contributed by atoms with E-state index in [0.29, 0.717) is 23.3 Å². The monoisotopic (exact) mass is 423 g/mol. The number of rotatable bonds is 7. The summed E-state index contributed by atoms with van der Waals surface area (Å²) in [5, 5.41) is 19.3. The van der Waals surface area contributed by atoms with Crippen molar-refractivity contribution in [1.82, 2.24) is 20.6 Å². The second kappa shape index (κ2) is 9.34. The van der Waals surface area contributed by atoms with E-state index in [-0.39, 0.29) is 11.9 Å². The highest BCUT2D eigenvalue weighted by atomic mass is 32.1. The van der Waals surface area contributed by atoms with Crippen LogP contribution in [0.5, 0.6) is 0 Å². The van der Waals surface area contributed by atoms with Gasteiger partial charge in [0.05, 0.1) is 18.3 Å². The van der Waals surface area contributed by atoms with Gasteiger partial charge in [0.2, 0.25) is 0 Å². The minimum atomic E-state index is -0.553. The molecule has 1 aliphatic heterocycles. The van der Waals surface area contributed by atoms with Crippen LogP contribution in [0.1, 0.15) is 46.1 Å². The topological polar surface area (TPSA) is 113 Å². The lowest BCUT2D eigenvalue weighted by Crippen LogP contribution is -2.35. The number of aromatic nitrogens is 2. The molecule has 0 spiro atoms. The molecule has 30 heavy (non-hydrogen) atoms. The molecule has 0 radical (unpaired) electrons. The summed E-state index contributed by atoms with van der Waals surface area (Å²) < 4.78 is 0. The number of amides is 1. The van der Waals surface area contributed by atoms with Crippen LogP contribution in [0.25, 0.3) is 0 Å². The summed E-state index contributed by atoms with van der Waals surface area (Å²) in [7, 11) is 0. The number of benzene rings is 1. The average Bonchev–Trinajstić information content (AvgIpc) is 3.41. The van der Waals surface area contributed by atoms with Crippen molar-refractivity contribution < 1.29 is 9.90 Å². The van der Waals surface area contributed by atoms with Crippen molar-refractivity contribution in [3.63, 3.8) is 0 Å². The van der Waals surface area contributed by atoms with E-state index >= 15 is 0 Å². The molecule has 2 aromatic heterocycles. The van der Waals surface area contributed by atoms with Crippen LogP contribution < -0.4 is 16.4 Å². The fraction of sp³-hybridized carbons (Fsp3) is 0.318. The van der Waals surface area contributed by atoms with Crippen molar-refractivity contribution in [3.05, 3.63) is 76.6 Å². The Hall–Kier alpha value is -2.81. The number of nitrogens with one attached hydrogen (secondary N) is 2. The van der Waals surface area contributed by atoms with E-state index in [4.69, 9.17) is 5.73 Å². The van der Waals surface area contributed by atoms with Gasteiger partial charge in [-0.05, 0) is 43.0 Å². The molecule has 1 aromatic carbocycles. The molecule has 7 nitrogen and oxygen atoms in total. The number of nitrogens with zero attached hydrogens (tertiary/aromatic N) is 2. The number of nitrogens with two attached hydrogens (primary N) is 1. The quantitative estimate of drug-likeness (QED) is 0.464. The van der Waals surface area contributed by atoms with Crippen molar-refractivity contribution in [2.45, 2.75) is 44.0 Å². The minimum absolute atomic E-state index is 0.0315. The smallest absolute Gasteiger partial charge is 0.251 e. The zero-order valence-corrected chi connectivity index (χ0v) is 17.3. The highest BCUT2D eigenvalue weighted by molar-refractivity contribution is 7.13. The van der Waals surface area contributed by atoms with Gasteiger partial charge in [0.25, 0.3) is 5.91 Å². The molecule has 1 aliphatic rings. The standard InChI is InChI=1S/C22H25N5O2S/c23-22-27-18(13-30-22)12-25-21(29)15-5-3-14(4-6-15)10-17-7-8-19(26-17)20(28)16-2-1-9-24-11-16/h1-6,9,11,13,17,19-20,26,28H,7-8,10,12H2,(H2,23,27)(H,25,29)/t17-,19+,20+/m0/s1. The Balaban J connectivity index is 1.28. The van der Waals surface area contributed by atoms with Crippen LogP contribution in [0.2, 0.25) is 0 Å². The molecule has 1 amide bonds. The summed E-state index contributed by atoms with van der Waals surface area (Å²) in [6, 6.07) is 11.7. The van der Waals surface area contributed by atoms with E-state index in [1.54, 1.807) is 12.4 Å². The van der Waals surface area contributed by atoms with Gasteiger partial charge in [-0.2, -0.15) is 0 Å². The maximum atomic E-state index is 12.3. The van der Waals surface area contributed by atoms with Gasteiger partial charge in [-0.3, -0.25) is 9.78 Å². The van der Waals surface area contributed by atoms with E-state index in [0.717, 1.165) is 36.1 Å². The maximum absolute atomic E-state index is 12.3. The predicted octanol–water partition coefficient (Wildman–Crippen LogP) is 2.45. The normalized spacial score (nSPS) is 19.5. The number of pyridine rings is 1. The molecule has 4 rings (SSSR count). The van der Waals surface area contributed by atoms with Gasteiger partial charge in [-0.15, -0.1) is 11.3 Å². The molecule has 3 atom stereocenters. The number of anilines is 1. The van der Waals surface area contributed by atoms with E-state index in [9.17, 15) is 9.90 Å². The molecule has 1 fully saturated rings. The third kappa shape index (κ3) is 5.02. The van der Waals surface area contributed by atoms with Crippen molar-refractivity contribution in [2.24, 2.45) is 0 Å². The van der Waals surface area contributed by atoms with Gasteiger partial charge in [-0.25, -0.2) is 4.98 Å². The highest BCUT2D eigenvalue weighted by Crippen LogP contribution is 2.26. The van der Waals surface area contributed by atoms with Crippen LogP contribution in [0, 0.1) is 0 Å². The lowest BCUT2D eigenvalue weighted by molar-refractivity contribution is 0.0950. The number of aliphatic hydroxyl groups excluding tert-OH is 1. The Morgan fingerprint density at radius 3 is 2.83 bits per heavy atom. The predicted molar refractivity (Wildman–Crippen MR) is 117 cm³/mol. The first-order valence-electron chi connectivity index (χ1n) is 9.99. The first-order valence-corrected chi connectivity index (χ1v) is 10.9. The summed E-state index contributed by atoms with van der Waals surface area (Å²) in [5.74, 6) is -0.133. The molecule has 8 heteroatoms. The second-order valence-corrected chi connectivity index (χ2v) is 8.43. The SMILES string of the molecule is Nc1nc(CNC(=O)c2ccc(C[C@@H]3CC[C@H]([C@H](O)c4cccnc4)N3)cc2)cs1. The third-order valence-electron chi connectivity index (χ3n) is 5.38. The highest BCUT2D eigenvalue weighted by Gasteiger charge is 2.30. The Bertz CT molecular complexity index is 977. The second-order valence-electron chi connectivity index (χ2n) is 7.54. The lowest BCUT2D eigenvalue weighted by Gasteiger charge is -2.20. The Morgan fingerprint density at radius 1 is 1.30 bits per heavy atom. The Labute approximate surface area is 179 Å². The van der Waals surface area contributed by atoms with Crippen molar-refractivity contribution >= 4 is 22.4 Å². The first kappa shape index (κ1) is 20.5. The molecule has 5 N–H and O–H groups in total. The molecule has 156 valence electrons. The molecule has 0 bridgehead atoms. The molecule has 0 aliphatic carbocycles. The molecule has 1 saturated heterocycles. The van der Waals surface area contributed by atoms with Crippen LogP contribution in [-0.4, -0.2) is 33.1 Å². The molecule has 3 aromatic rings. The minimum Gasteiger partial charge on any atom is -0.387 e. The van der Waals surface area contributed by atoms with Crippen LogP contribution in [0.15, 0.2) is 54.2 Å². The van der Waals surface area contributed by atoms with E-state index < -0.39 is 6.10 Å². The van der Waals surface area contributed by atoms with Crippen molar-refractivity contribution in [1.29, 1.82) is 0 Å². The van der Waals surface area contributed by atoms with E-state index in [2.05, 4.69) is 20.6 Å². The van der Waals surface area contributed by atoms with E-state index in [1.807, 2.05) is 41.8 Å². The van der Waals surface area contributed by atoms with Crippen LogP contribution in [0.4, 0.5) is 5.13 Å². The van der Waals surface area contributed by atoms with Crippen LogP contribution >= 0.6 is 11.3 Å². The number of hydrogen-bond acceptors (Lipinski definition) is 7. The maximum Gasteiger partial charge on any atom is 0.251 e. The van der Waals surface area contributed by atoms with Gasteiger partial charge >= 0.3 is 0 Å². The number of aliphatic hydroxyl groups is 1. The number of thiazole rings is 1. The number of nitrogen functional groups attached to an aromatic ring is 1. The van der Waals surface area contributed by atoms with Crippen molar-refractivity contribution in [2.75, 3.05) is 5.73 Å². The molecular formula is C22H25N5O2S. The summed E-state index contributed by atoms with van der Waals surface area (Å²) >= 11 is 1.36. The summed E-state index contributed by atoms with van der Waals surface area (Å²) in [6.45, 7) is 0.362. The molecule has 0 saturated carbocycles. The Kier molecular flexibility index (Phi) is 6.37. The van der Waals surface area contributed by atoms with Gasteiger partial charge in [0.1, 0.15) is 0 Å². The summed E-state index contributed by atoms with van der Waals surface area (Å²) in [6.07, 6.45) is 5.65. The first-order chi connectivity index (χ1) is 14.6. The zero-order chi connectivity index (χ0) is 20.9. The van der Waals surface area contributed by atoms with Gasteiger partial charge in [0.15, 0.2) is 5.13 Å². The van der Waals surface area contributed by atoms with Gasteiger partial charge < -0.3 is 21.5 Å². The van der Waals surface area contributed by atoms with Crippen LogP contribution in [-0.2, 0) is 13.0 Å². The molecule has 0 unspecified atom stereocenters.